The first-order chi connectivity index (χ1) is 13.7. The standard InChI is InChI=1S/C21H25FN2O4S/c1-11-16(21(2,3)26)10-17(28-11)29(27)24-20(25)23-19-14-8-4-6-12(14)18(22)13-7-5-9-15(13)19/h10,26H,4-9H2,1-3H3,(H2,23,24,25). The fraction of sp³-hybridized carbons (Fsp3) is 0.476. The topological polar surface area (TPSA) is 91.6 Å². The van der Waals surface area contributed by atoms with Gasteiger partial charge in [-0.2, -0.15) is 0 Å². The van der Waals surface area contributed by atoms with Crippen LogP contribution in [0.2, 0.25) is 0 Å². The number of nitrogens with one attached hydrogen (secondary N) is 2. The second kappa shape index (κ2) is 7.25. The third-order valence-electron chi connectivity index (χ3n) is 5.73. The van der Waals surface area contributed by atoms with Crippen molar-refractivity contribution in [2.24, 2.45) is 0 Å². The van der Waals surface area contributed by atoms with E-state index in [4.69, 9.17) is 4.42 Å². The second-order valence-electron chi connectivity index (χ2n) is 8.23. The monoisotopic (exact) mass is 420 g/mol. The van der Waals surface area contributed by atoms with Gasteiger partial charge in [0.2, 0.25) is 5.09 Å². The molecule has 2 aromatic rings. The highest BCUT2D eigenvalue weighted by molar-refractivity contribution is 7.83. The lowest BCUT2D eigenvalue weighted by molar-refractivity contribution is 0.0769. The number of aryl methyl sites for hydroxylation is 1. The molecule has 0 radical (unpaired) electrons. The Morgan fingerprint density at radius 2 is 1.69 bits per heavy atom. The van der Waals surface area contributed by atoms with Crippen LogP contribution in [0.15, 0.2) is 15.6 Å². The van der Waals surface area contributed by atoms with Crippen molar-refractivity contribution in [1.29, 1.82) is 0 Å². The summed E-state index contributed by atoms with van der Waals surface area (Å²) in [5, 5.41) is 13.0. The van der Waals surface area contributed by atoms with Crippen molar-refractivity contribution in [2.45, 2.75) is 70.0 Å². The molecule has 1 heterocycles. The minimum Gasteiger partial charge on any atom is -0.450 e. The maximum absolute atomic E-state index is 14.8. The minimum absolute atomic E-state index is 0.0596. The zero-order valence-electron chi connectivity index (χ0n) is 16.8. The highest BCUT2D eigenvalue weighted by atomic mass is 32.2. The summed E-state index contributed by atoms with van der Waals surface area (Å²) < 4.78 is 35.2. The molecule has 156 valence electrons. The Kier molecular flexibility index (Phi) is 5.02. The molecule has 0 saturated carbocycles. The lowest BCUT2D eigenvalue weighted by atomic mass is 9.98. The second-order valence-corrected chi connectivity index (χ2v) is 9.37. The molecule has 4 rings (SSSR count). The van der Waals surface area contributed by atoms with Crippen molar-refractivity contribution in [1.82, 2.24) is 4.72 Å². The van der Waals surface area contributed by atoms with E-state index in [2.05, 4.69) is 10.0 Å². The van der Waals surface area contributed by atoms with Gasteiger partial charge in [-0.25, -0.2) is 18.1 Å². The predicted molar refractivity (Wildman–Crippen MR) is 108 cm³/mol. The lowest BCUT2D eigenvalue weighted by Crippen LogP contribution is -2.31. The number of rotatable bonds is 4. The smallest absolute Gasteiger partial charge is 0.331 e. The molecule has 0 spiro atoms. The number of halogens is 1. The molecule has 0 aliphatic heterocycles. The molecule has 0 bridgehead atoms. The third-order valence-corrected chi connectivity index (χ3v) is 6.67. The molecule has 3 N–H and O–H groups in total. The number of amides is 2. The summed E-state index contributed by atoms with van der Waals surface area (Å²) in [5.74, 6) is 0.335. The van der Waals surface area contributed by atoms with Gasteiger partial charge in [-0.05, 0) is 81.5 Å². The van der Waals surface area contributed by atoms with Gasteiger partial charge < -0.3 is 14.8 Å². The van der Waals surface area contributed by atoms with Crippen LogP contribution in [-0.2, 0) is 42.3 Å². The number of carbonyl (C=O) groups excluding carboxylic acids is 1. The summed E-state index contributed by atoms with van der Waals surface area (Å²) >= 11 is 0. The number of benzene rings is 1. The van der Waals surface area contributed by atoms with Crippen molar-refractivity contribution < 1.29 is 22.9 Å². The van der Waals surface area contributed by atoms with Crippen LogP contribution in [0.4, 0.5) is 14.9 Å². The van der Waals surface area contributed by atoms with Gasteiger partial charge in [0.1, 0.15) is 11.6 Å². The van der Waals surface area contributed by atoms with Crippen LogP contribution in [-0.4, -0.2) is 15.3 Å². The molecule has 8 heteroatoms. The first kappa shape index (κ1) is 20.1. The molecule has 1 aromatic heterocycles. The molecule has 2 amide bonds. The maximum Gasteiger partial charge on any atom is 0.331 e. The van der Waals surface area contributed by atoms with E-state index in [1.165, 1.54) is 6.07 Å². The summed E-state index contributed by atoms with van der Waals surface area (Å²) in [6.45, 7) is 4.87. The van der Waals surface area contributed by atoms with Crippen molar-refractivity contribution in [2.75, 3.05) is 5.32 Å². The van der Waals surface area contributed by atoms with Gasteiger partial charge in [0.15, 0.2) is 11.0 Å². The summed E-state index contributed by atoms with van der Waals surface area (Å²) in [7, 11) is -1.93. The number of carbonyl (C=O) groups is 1. The van der Waals surface area contributed by atoms with Crippen molar-refractivity contribution in [3.05, 3.63) is 45.5 Å². The minimum atomic E-state index is -1.93. The predicted octanol–water partition coefficient (Wildman–Crippen LogP) is 3.78. The van der Waals surface area contributed by atoms with E-state index >= 15 is 0 Å². The Morgan fingerprint density at radius 3 is 2.21 bits per heavy atom. The zero-order valence-corrected chi connectivity index (χ0v) is 17.6. The first-order valence-corrected chi connectivity index (χ1v) is 11.0. The van der Waals surface area contributed by atoms with Gasteiger partial charge in [0, 0.05) is 17.3 Å². The lowest BCUT2D eigenvalue weighted by Gasteiger charge is -2.17. The van der Waals surface area contributed by atoms with Crippen LogP contribution in [0.3, 0.4) is 0 Å². The summed E-state index contributed by atoms with van der Waals surface area (Å²) in [4.78, 5) is 12.6. The van der Waals surface area contributed by atoms with Crippen LogP contribution in [0.5, 0.6) is 0 Å². The summed E-state index contributed by atoms with van der Waals surface area (Å²) in [5.41, 5.74) is 3.18. The first-order valence-electron chi connectivity index (χ1n) is 9.84. The zero-order chi connectivity index (χ0) is 20.9. The number of aliphatic hydroxyl groups is 1. The average molecular weight is 421 g/mol. The maximum atomic E-state index is 14.8. The number of urea groups is 1. The number of fused-ring (bicyclic) bond motifs is 2. The Balaban J connectivity index is 1.55. The Morgan fingerprint density at radius 1 is 1.14 bits per heavy atom. The van der Waals surface area contributed by atoms with E-state index < -0.39 is 22.6 Å². The normalized spacial score (nSPS) is 16.4. The van der Waals surface area contributed by atoms with Gasteiger partial charge in [-0.3, -0.25) is 0 Å². The molecule has 0 saturated heterocycles. The Bertz CT molecular complexity index is 988. The molecule has 2 aliphatic rings. The van der Waals surface area contributed by atoms with Crippen LogP contribution < -0.4 is 10.0 Å². The van der Waals surface area contributed by atoms with E-state index in [0.717, 1.165) is 36.8 Å². The van der Waals surface area contributed by atoms with Crippen LogP contribution in [0, 0.1) is 12.7 Å². The number of hydrogen-bond acceptors (Lipinski definition) is 4. The van der Waals surface area contributed by atoms with Crippen LogP contribution in [0.1, 0.15) is 60.3 Å². The van der Waals surface area contributed by atoms with E-state index in [9.17, 15) is 18.5 Å². The van der Waals surface area contributed by atoms with Crippen LogP contribution >= 0.6 is 0 Å². The fourth-order valence-electron chi connectivity index (χ4n) is 4.47. The van der Waals surface area contributed by atoms with E-state index in [-0.39, 0.29) is 10.9 Å². The number of hydrogen-bond donors (Lipinski definition) is 3. The molecule has 29 heavy (non-hydrogen) atoms. The van der Waals surface area contributed by atoms with Gasteiger partial charge >= 0.3 is 6.03 Å². The molecule has 1 atom stereocenters. The molecule has 1 unspecified atom stereocenters. The van der Waals surface area contributed by atoms with Crippen LogP contribution in [0.25, 0.3) is 0 Å². The third kappa shape index (κ3) is 3.59. The van der Waals surface area contributed by atoms with Crippen molar-refractivity contribution in [3.8, 4) is 0 Å². The highest BCUT2D eigenvalue weighted by Gasteiger charge is 2.30. The quantitative estimate of drug-likeness (QED) is 0.702. The molecular weight excluding hydrogens is 395 g/mol. The van der Waals surface area contributed by atoms with Gasteiger partial charge in [-0.1, -0.05) is 0 Å². The molecule has 1 aromatic carbocycles. The molecule has 0 fully saturated rings. The van der Waals surface area contributed by atoms with Crippen molar-refractivity contribution in [3.63, 3.8) is 0 Å². The molecular formula is C21H25FN2O4S. The number of furan rings is 1. The van der Waals surface area contributed by atoms with E-state index in [1.807, 2.05) is 0 Å². The van der Waals surface area contributed by atoms with Crippen molar-refractivity contribution >= 4 is 22.7 Å². The largest absolute Gasteiger partial charge is 0.450 e. The SMILES string of the molecule is Cc1oc(S(=O)NC(=O)Nc2c3c(c(F)c4c2CCC4)CCC3)cc1C(C)(C)O. The van der Waals surface area contributed by atoms with E-state index in [1.54, 1.807) is 20.8 Å². The molecule has 6 nitrogen and oxygen atoms in total. The Hall–Kier alpha value is -2.19. The highest BCUT2D eigenvalue weighted by Crippen LogP contribution is 2.41. The van der Waals surface area contributed by atoms with E-state index in [0.29, 0.717) is 41.0 Å². The van der Waals surface area contributed by atoms with Gasteiger partial charge in [0.25, 0.3) is 0 Å². The summed E-state index contributed by atoms with van der Waals surface area (Å²) in [6.07, 6.45) is 4.55. The number of anilines is 1. The molecule has 2 aliphatic carbocycles. The van der Waals surface area contributed by atoms with Gasteiger partial charge in [0.05, 0.1) is 5.60 Å². The summed E-state index contributed by atoms with van der Waals surface area (Å²) in [6, 6.07) is 0.857. The average Bonchev–Trinajstić information content (AvgIpc) is 3.36. The fourth-order valence-corrected chi connectivity index (χ4v) is 5.21. The Labute approximate surface area is 171 Å². The van der Waals surface area contributed by atoms with Gasteiger partial charge in [-0.15, -0.1) is 0 Å².